The van der Waals surface area contributed by atoms with Crippen LogP contribution >= 0.6 is 0 Å². The molecule has 348 valence electrons. The fourth-order valence-electron chi connectivity index (χ4n) is 6.68. The predicted molar refractivity (Wildman–Crippen MR) is 261 cm³/mol. The molecule has 1 unspecified atom stereocenters. The summed E-state index contributed by atoms with van der Waals surface area (Å²) in [4.78, 5) is 37.9. The summed E-state index contributed by atoms with van der Waals surface area (Å²) >= 11 is 0. The van der Waals surface area contributed by atoms with Crippen molar-refractivity contribution >= 4 is 17.9 Å². The van der Waals surface area contributed by atoms with Crippen molar-refractivity contribution in [3.05, 3.63) is 85.1 Å². The normalized spacial score (nSPS) is 12.8. The largest absolute Gasteiger partial charge is 0.462 e. The van der Waals surface area contributed by atoms with E-state index in [4.69, 9.17) is 14.2 Å². The molecule has 0 radical (unpaired) electrons. The van der Waals surface area contributed by atoms with Gasteiger partial charge in [0.1, 0.15) is 13.2 Å². The monoisotopic (exact) mass is 849 g/mol. The Morgan fingerprint density at radius 1 is 0.344 bits per heavy atom. The maximum absolute atomic E-state index is 12.8. The molecule has 0 aromatic rings. The van der Waals surface area contributed by atoms with Crippen molar-refractivity contribution in [3.8, 4) is 0 Å². The average molecular weight is 849 g/mol. The van der Waals surface area contributed by atoms with E-state index in [0.717, 1.165) is 122 Å². The standard InChI is InChI=1S/C55H92O6/c1-4-7-10-13-16-19-22-24-26-28-30-33-36-39-42-45-48-54(57)60-51-52(50-59-53(56)47-44-41-38-35-32-21-18-15-12-9-6-3)61-55(58)49-46-43-40-37-34-31-29-27-25-23-20-17-14-11-8-5-2/h7-8,10-11,16-17,19-20,24-27,30,33,52H,4-6,9,12-15,18,21-23,28-29,31-32,34-51H2,1-3H3/b10-7-,11-8-,19-16-,20-17-,26-24-,27-25-,33-30-. The van der Waals surface area contributed by atoms with Gasteiger partial charge in [-0.15, -0.1) is 0 Å². The second-order valence-corrected chi connectivity index (χ2v) is 16.3. The molecular formula is C55H92O6. The third kappa shape index (κ3) is 47.5. The van der Waals surface area contributed by atoms with E-state index in [0.29, 0.717) is 19.3 Å². The highest BCUT2D eigenvalue weighted by Crippen LogP contribution is 2.14. The number of rotatable bonds is 44. The van der Waals surface area contributed by atoms with Crippen LogP contribution in [0.1, 0.15) is 226 Å². The van der Waals surface area contributed by atoms with E-state index in [1.165, 1.54) is 64.2 Å². The maximum Gasteiger partial charge on any atom is 0.306 e. The predicted octanol–water partition coefficient (Wildman–Crippen LogP) is 16.4. The van der Waals surface area contributed by atoms with Gasteiger partial charge in [-0.1, -0.05) is 202 Å². The van der Waals surface area contributed by atoms with Gasteiger partial charge in [0.05, 0.1) is 0 Å². The number of unbranched alkanes of at least 4 members (excludes halogenated alkanes) is 19. The smallest absolute Gasteiger partial charge is 0.306 e. The first kappa shape index (κ1) is 57.6. The lowest BCUT2D eigenvalue weighted by atomic mass is 10.1. The van der Waals surface area contributed by atoms with E-state index >= 15 is 0 Å². The van der Waals surface area contributed by atoms with Gasteiger partial charge < -0.3 is 14.2 Å². The van der Waals surface area contributed by atoms with Crippen LogP contribution in [0.2, 0.25) is 0 Å². The van der Waals surface area contributed by atoms with E-state index in [-0.39, 0.29) is 31.1 Å². The highest BCUT2D eigenvalue weighted by Gasteiger charge is 2.19. The first-order valence-electron chi connectivity index (χ1n) is 25.1. The van der Waals surface area contributed by atoms with Crippen molar-refractivity contribution in [2.24, 2.45) is 0 Å². The van der Waals surface area contributed by atoms with Crippen LogP contribution in [0.25, 0.3) is 0 Å². The Kier molecular flexibility index (Phi) is 46.5. The van der Waals surface area contributed by atoms with Crippen LogP contribution in [0.15, 0.2) is 85.1 Å². The third-order valence-electron chi connectivity index (χ3n) is 10.4. The number of hydrogen-bond donors (Lipinski definition) is 0. The average Bonchev–Trinajstić information content (AvgIpc) is 3.26. The molecule has 0 aliphatic rings. The lowest BCUT2D eigenvalue weighted by Crippen LogP contribution is -2.30. The van der Waals surface area contributed by atoms with E-state index < -0.39 is 6.10 Å². The molecule has 0 aromatic heterocycles. The molecule has 0 aliphatic carbocycles. The molecule has 0 N–H and O–H groups in total. The highest BCUT2D eigenvalue weighted by molar-refractivity contribution is 5.71. The first-order valence-corrected chi connectivity index (χ1v) is 25.1. The van der Waals surface area contributed by atoms with E-state index in [1.54, 1.807) is 0 Å². The van der Waals surface area contributed by atoms with Gasteiger partial charge in [-0.2, -0.15) is 0 Å². The van der Waals surface area contributed by atoms with Gasteiger partial charge in [0, 0.05) is 19.3 Å². The van der Waals surface area contributed by atoms with E-state index in [1.807, 2.05) is 0 Å². The molecule has 6 nitrogen and oxygen atoms in total. The zero-order valence-electron chi connectivity index (χ0n) is 39.7. The number of carbonyl (C=O) groups excluding carboxylic acids is 3. The van der Waals surface area contributed by atoms with Crippen LogP contribution in [0.3, 0.4) is 0 Å². The van der Waals surface area contributed by atoms with Gasteiger partial charge in [-0.25, -0.2) is 0 Å². The van der Waals surface area contributed by atoms with Crippen molar-refractivity contribution in [1.82, 2.24) is 0 Å². The van der Waals surface area contributed by atoms with Crippen LogP contribution in [0.4, 0.5) is 0 Å². The molecule has 1 atom stereocenters. The van der Waals surface area contributed by atoms with Crippen LogP contribution in [0.5, 0.6) is 0 Å². The van der Waals surface area contributed by atoms with Crippen LogP contribution in [0, 0.1) is 0 Å². The van der Waals surface area contributed by atoms with E-state index in [2.05, 4.69) is 106 Å². The summed E-state index contributed by atoms with van der Waals surface area (Å²) in [5.41, 5.74) is 0. The van der Waals surface area contributed by atoms with Gasteiger partial charge >= 0.3 is 17.9 Å². The molecule has 0 heterocycles. The number of allylic oxidation sites excluding steroid dienone is 14. The quantitative estimate of drug-likeness (QED) is 0.0263. The zero-order valence-corrected chi connectivity index (χ0v) is 39.7. The molecule has 0 amide bonds. The zero-order chi connectivity index (χ0) is 44.4. The van der Waals surface area contributed by atoms with Gasteiger partial charge in [-0.05, 0) is 89.9 Å². The molecule has 0 spiro atoms. The Balaban J connectivity index is 4.45. The second kappa shape index (κ2) is 49.2. The van der Waals surface area contributed by atoms with Gasteiger partial charge in [0.2, 0.25) is 0 Å². The lowest BCUT2D eigenvalue weighted by molar-refractivity contribution is -0.167. The highest BCUT2D eigenvalue weighted by atomic mass is 16.6. The van der Waals surface area contributed by atoms with E-state index in [9.17, 15) is 14.4 Å². The van der Waals surface area contributed by atoms with Crippen molar-refractivity contribution in [2.75, 3.05) is 13.2 Å². The Hall–Kier alpha value is -3.41. The van der Waals surface area contributed by atoms with Crippen molar-refractivity contribution in [1.29, 1.82) is 0 Å². The number of esters is 3. The Bertz CT molecular complexity index is 1200. The SMILES string of the molecule is CC/C=C\C/C=C\C/C=C\C/C=C\CCCCCC(=O)OCC(COC(=O)CCCCCCCCCCCCC)OC(=O)CCCCCCCC/C=C\C/C=C\C/C=C\CC. The molecule has 61 heavy (non-hydrogen) atoms. The topological polar surface area (TPSA) is 78.9 Å². The molecule has 0 bridgehead atoms. The van der Waals surface area contributed by atoms with Crippen LogP contribution in [-0.4, -0.2) is 37.2 Å². The van der Waals surface area contributed by atoms with Crippen LogP contribution in [-0.2, 0) is 28.6 Å². The summed E-state index contributed by atoms with van der Waals surface area (Å²) in [6, 6.07) is 0. The summed E-state index contributed by atoms with van der Waals surface area (Å²) in [6.07, 6.45) is 62.8. The fourth-order valence-corrected chi connectivity index (χ4v) is 6.68. The Labute approximate surface area is 375 Å². The lowest BCUT2D eigenvalue weighted by Gasteiger charge is -2.18. The minimum absolute atomic E-state index is 0.0915. The maximum atomic E-state index is 12.8. The minimum atomic E-state index is -0.794. The third-order valence-corrected chi connectivity index (χ3v) is 10.4. The molecule has 0 aromatic carbocycles. The molecule has 6 heteroatoms. The van der Waals surface area contributed by atoms with Gasteiger partial charge in [0.25, 0.3) is 0 Å². The van der Waals surface area contributed by atoms with Crippen molar-refractivity contribution in [3.63, 3.8) is 0 Å². The fraction of sp³-hybridized carbons (Fsp3) is 0.691. The molecule has 0 rings (SSSR count). The Morgan fingerprint density at radius 2 is 0.639 bits per heavy atom. The first-order chi connectivity index (χ1) is 30.0. The van der Waals surface area contributed by atoms with Gasteiger partial charge in [0.15, 0.2) is 6.10 Å². The van der Waals surface area contributed by atoms with Crippen LogP contribution < -0.4 is 0 Å². The van der Waals surface area contributed by atoms with Gasteiger partial charge in [-0.3, -0.25) is 14.4 Å². The summed E-state index contributed by atoms with van der Waals surface area (Å²) in [5, 5.41) is 0. The minimum Gasteiger partial charge on any atom is -0.462 e. The summed E-state index contributed by atoms with van der Waals surface area (Å²) < 4.78 is 16.7. The molecule has 0 saturated carbocycles. The second-order valence-electron chi connectivity index (χ2n) is 16.3. The number of hydrogen-bond acceptors (Lipinski definition) is 6. The van der Waals surface area contributed by atoms with Crippen molar-refractivity contribution in [2.45, 2.75) is 232 Å². The summed E-state index contributed by atoms with van der Waals surface area (Å²) in [5.74, 6) is -0.939. The summed E-state index contributed by atoms with van der Waals surface area (Å²) in [7, 11) is 0. The molecule has 0 aliphatic heterocycles. The molecular weight excluding hydrogens is 757 g/mol. The van der Waals surface area contributed by atoms with Crippen molar-refractivity contribution < 1.29 is 28.6 Å². The number of carbonyl (C=O) groups is 3. The molecule has 0 fully saturated rings. The Morgan fingerprint density at radius 3 is 1.02 bits per heavy atom. The number of ether oxygens (including phenoxy) is 3. The molecule has 0 saturated heterocycles. The summed E-state index contributed by atoms with van der Waals surface area (Å²) in [6.45, 7) is 6.36.